The van der Waals surface area contributed by atoms with Gasteiger partial charge in [-0.15, -0.1) is 0 Å². The van der Waals surface area contributed by atoms with E-state index in [2.05, 4.69) is 0 Å². The maximum absolute atomic E-state index is 12.3. The number of carbonyl (C=O) groups is 2. The average Bonchev–Trinajstić information content (AvgIpc) is 2.92. The molecule has 0 amide bonds. The normalized spacial score (nSPS) is 56.1. The molecule has 4 rings (SSSR count). The van der Waals surface area contributed by atoms with Gasteiger partial charge in [-0.3, -0.25) is 9.59 Å². The molecular weight excluding hydrogens is 318 g/mol. The van der Waals surface area contributed by atoms with E-state index in [1.54, 1.807) is 6.08 Å². The second-order valence-electron chi connectivity index (χ2n) is 9.01. The molecule has 0 bridgehead atoms. The lowest BCUT2D eigenvalue weighted by Gasteiger charge is -2.59. The quantitative estimate of drug-likeness (QED) is 0.751. The van der Waals surface area contributed by atoms with Crippen molar-refractivity contribution in [1.82, 2.24) is 0 Å². The predicted molar refractivity (Wildman–Crippen MR) is 93.7 cm³/mol. The Bertz CT molecular complexity index is 706. The zero-order chi connectivity index (χ0) is 19.7. The van der Waals surface area contributed by atoms with Crippen LogP contribution < -0.4 is 0 Å². The maximum atomic E-state index is 12.3. The van der Waals surface area contributed by atoms with Crippen molar-refractivity contribution in [3.63, 3.8) is 0 Å². The van der Waals surface area contributed by atoms with E-state index < -0.39 is 36.3 Å². The molecule has 0 saturated heterocycles. The van der Waals surface area contributed by atoms with Crippen LogP contribution >= 0.6 is 0 Å². The van der Waals surface area contributed by atoms with Crippen molar-refractivity contribution in [2.45, 2.75) is 64.8 Å². The number of allylic oxidation sites excluding steroid dienone is 1. The van der Waals surface area contributed by atoms with Crippen molar-refractivity contribution >= 4 is 11.6 Å². The zero-order valence-corrected chi connectivity index (χ0v) is 15.1. The molecule has 1 unspecified atom stereocenters. The number of rotatable bonds is 2. The number of hydrogen-bond donors (Lipinski definition) is 2. The second-order valence-corrected chi connectivity index (χ2v) is 9.01. The van der Waals surface area contributed by atoms with Crippen LogP contribution in [0.5, 0.6) is 0 Å². The summed E-state index contributed by atoms with van der Waals surface area (Å²) in [4.78, 5) is 24.4. The average molecular weight is 350 g/mol. The molecular formula is C21H30O4. The fourth-order valence-corrected chi connectivity index (χ4v) is 6.77. The summed E-state index contributed by atoms with van der Waals surface area (Å²) in [6.07, 6.45) is 2.53. The van der Waals surface area contributed by atoms with Crippen LogP contribution in [0.2, 0.25) is 0 Å². The third kappa shape index (κ3) is 2.33. The fraction of sp³-hybridized carbons (Fsp3) is 0.810. The van der Waals surface area contributed by atoms with Gasteiger partial charge in [-0.1, -0.05) is 19.4 Å². The van der Waals surface area contributed by atoms with Crippen LogP contribution in [-0.4, -0.2) is 34.5 Å². The summed E-state index contributed by atoms with van der Waals surface area (Å²) in [5, 5.41) is 20.6. The van der Waals surface area contributed by atoms with Crippen LogP contribution in [-0.2, 0) is 9.59 Å². The molecule has 0 aromatic carbocycles. The van der Waals surface area contributed by atoms with Gasteiger partial charge < -0.3 is 10.2 Å². The first-order chi connectivity index (χ1) is 12.6. The van der Waals surface area contributed by atoms with E-state index in [4.69, 9.17) is 2.74 Å². The molecule has 4 aliphatic carbocycles. The van der Waals surface area contributed by atoms with Crippen LogP contribution in [0, 0.1) is 34.5 Å². The topological polar surface area (TPSA) is 74.6 Å². The van der Waals surface area contributed by atoms with Crippen molar-refractivity contribution in [2.24, 2.45) is 34.5 Å². The summed E-state index contributed by atoms with van der Waals surface area (Å²) >= 11 is 0. The first-order valence-electron chi connectivity index (χ1n) is 10.7. The van der Waals surface area contributed by atoms with Gasteiger partial charge in [0.15, 0.2) is 11.6 Å². The highest BCUT2D eigenvalue weighted by Gasteiger charge is 2.62. The Balaban J connectivity index is 1.78. The van der Waals surface area contributed by atoms with Crippen LogP contribution in [0.25, 0.3) is 0 Å². The number of fused-ring (bicyclic) bond motifs is 5. The molecule has 138 valence electrons. The largest absolute Gasteiger partial charge is 0.393 e. The van der Waals surface area contributed by atoms with Crippen molar-refractivity contribution in [3.05, 3.63) is 11.6 Å². The van der Waals surface area contributed by atoms with Crippen LogP contribution in [0.1, 0.15) is 61.5 Å². The van der Waals surface area contributed by atoms with Crippen molar-refractivity contribution in [2.75, 3.05) is 6.61 Å². The van der Waals surface area contributed by atoms with Crippen molar-refractivity contribution < 1.29 is 22.5 Å². The van der Waals surface area contributed by atoms with E-state index in [0.29, 0.717) is 19.3 Å². The first kappa shape index (κ1) is 15.1. The lowest BCUT2D eigenvalue weighted by Crippen LogP contribution is -2.57. The second kappa shape index (κ2) is 5.75. The number of hydrogen-bond acceptors (Lipinski definition) is 4. The minimum absolute atomic E-state index is 0.0438. The Morgan fingerprint density at radius 2 is 2.12 bits per heavy atom. The summed E-state index contributed by atoms with van der Waals surface area (Å²) in [6, 6.07) is 0. The molecule has 0 heterocycles. The molecule has 0 aliphatic heterocycles. The summed E-state index contributed by atoms with van der Waals surface area (Å²) in [7, 11) is 0. The lowest BCUT2D eigenvalue weighted by atomic mass is 9.46. The highest BCUT2D eigenvalue weighted by atomic mass is 16.3. The maximum Gasteiger partial charge on any atom is 0.161 e. The van der Waals surface area contributed by atoms with Gasteiger partial charge in [-0.05, 0) is 73.1 Å². The van der Waals surface area contributed by atoms with E-state index in [1.165, 1.54) is 0 Å². The molecule has 0 aromatic heterocycles. The number of aliphatic hydroxyl groups excluding tert-OH is 2. The SMILES string of the molecule is [2H]C1CC2=[13CH][13C](=O)C[C@H]([2H])[C@]2(C)[C@@H]2[C@@H]1[C@@H]1CC[C@H](C(=O)CO)[C@@]1(C)C[C@@H]2O. The summed E-state index contributed by atoms with van der Waals surface area (Å²) in [6.45, 7) is 3.58. The van der Waals surface area contributed by atoms with Crippen LogP contribution in [0.4, 0.5) is 0 Å². The molecule has 0 radical (unpaired) electrons. The monoisotopic (exact) mass is 350 g/mol. The molecule has 4 aliphatic rings. The number of aliphatic hydroxyl groups is 2. The Kier molecular flexibility index (Phi) is 3.47. The Labute approximate surface area is 152 Å². The molecule has 3 fully saturated rings. The van der Waals surface area contributed by atoms with E-state index in [0.717, 1.165) is 12.0 Å². The molecule has 0 aromatic rings. The van der Waals surface area contributed by atoms with Gasteiger partial charge in [0.25, 0.3) is 0 Å². The van der Waals surface area contributed by atoms with E-state index in [9.17, 15) is 19.8 Å². The van der Waals surface area contributed by atoms with E-state index in [-0.39, 0.29) is 41.7 Å². The van der Waals surface area contributed by atoms with Gasteiger partial charge in [0.2, 0.25) is 0 Å². The standard InChI is InChI=1S/C21H30O4/c1-20-8-7-13(23)9-12(20)3-4-14-15-5-6-16(18(25)11-22)21(15,2)10-17(24)19(14)20/h9,14-17,19,22,24H,3-8,10-11H2,1-2H3/t14-,15-,16+,17-,19+,20-,21-/m0/s1/i4D,8D,9+1,13+1/t4?,8-,14-,15-,16+,17-,19+,20-,21-. The zero-order valence-electron chi connectivity index (χ0n) is 17.1. The molecule has 9 atom stereocenters. The Hall–Kier alpha value is -1.00. The van der Waals surface area contributed by atoms with Gasteiger partial charge in [-0.2, -0.15) is 0 Å². The number of carbonyl (C=O) groups excluding carboxylic acids is 2. The molecule has 25 heavy (non-hydrogen) atoms. The summed E-state index contributed by atoms with van der Waals surface area (Å²) in [5.74, 6) is -0.638. The number of Topliss-reactive ketones (excluding diaryl/α,β-unsaturated/α-hetero) is 1. The molecule has 4 heteroatoms. The van der Waals surface area contributed by atoms with Crippen molar-refractivity contribution in [1.29, 1.82) is 0 Å². The third-order valence-electron chi connectivity index (χ3n) is 7.95. The first-order valence-corrected chi connectivity index (χ1v) is 9.54. The molecule has 3 saturated carbocycles. The fourth-order valence-electron chi connectivity index (χ4n) is 6.77. The third-order valence-corrected chi connectivity index (χ3v) is 7.95. The highest BCUT2D eigenvalue weighted by molar-refractivity contribution is 5.91. The van der Waals surface area contributed by atoms with E-state index >= 15 is 0 Å². The smallest absolute Gasteiger partial charge is 0.161 e. The van der Waals surface area contributed by atoms with E-state index in [1.807, 2.05) is 13.8 Å². The summed E-state index contributed by atoms with van der Waals surface area (Å²) < 4.78 is 17.5. The Morgan fingerprint density at radius 1 is 1.36 bits per heavy atom. The minimum atomic E-state index is -0.703. The van der Waals surface area contributed by atoms with Gasteiger partial charge in [0, 0.05) is 15.1 Å². The summed E-state index contributed by atoms with van der Waals surface area (Å²) in [5.41, 5.74) is -0.126. The molecule has 4 nitrogen and oxygen atoms in total. The lowest BCUT2D eigenvalue weighted by molar-refractivity contribution is -0.146. The highest BCUT2D eigenvalue weighted by Crippen LogP contribution is 2.66. The van der Waals surface area contributed by atoms with Crippen molar-refractivity contribution in [3.8, 4) is 0 Å². The van der Waals surface area contributed by atoms with Gasteiger partial charge >= 0.3 is 0 Å². The number of ketones is 2. The van der Waals surface area contributed by atoms with Gasteiger partial charge in [0.1, 0.15) is 6.61 Å². The Morgan fingerprint density at radius 3 is 2.84 bits per heavy atom. The van der Waals surface area contributed by atoms with Crippen LogP contribution in [0.15, 0.2) is 11.6 Å². The predicted octanol–water partition coefficient (Wildman–Crippen LogP) is 2.67. The molecule has 2 N–H and O–H groups in total. The van der Waals surface area contributed by atoms with Gasteiger partial charge in [0.05, 0.1) is 6.10 Å². The van der Waals surface area contributed by atoms with Crippen LogP contribution in [0.3, 0.4) is 0 Å². The van der Waals surface area contributed by atoms with Gasteiger partial charge in [-0.25, -0.2) is 0 Å². The molecule has 0 spiro atoms. The minimum Gasteiger partial charge on any atom is -0.393 e.